The van der Waals surface area contributed by atoms with E-state index in [0.29, 0.717) is 17.7 Å². The van der Waals surface area contributed by atoms with Crippen molar-refractivity contribution in [2.45, 2.75) is 39.5 Å². The monoisotopic (exact) mass is 254 g/mol. The Hall–Kier alpha value is -1.83. The van der Waals surface area contributed by atoms with Crippen molar-refractivity contribution in [1.82, 2.24) is 4.98 Å². The van der Waals surface area contributed by atoms with E-state index in [2.05, 4.69) is 50.9 Å². The van der Waals surface area contributed by atoms with Crippen LogP contribution in [0.15, 0.2) is 36.5 Å². The molecule has 1 heterocycles. The topological polar surface area (TPSA) is 38.9 Å². The van der Waals surface area contributed by atoms with E-state index in [9.17, 15) is 0 Å². The summed E-state index contributed by atoms with van der Waals surface area (Å²) in [5, 5.41) is 0. The maximum absolute atomic E-state index is 5.79. The summed E-state index contributed by atoms with van der Waals surface area (Å²) in [5.74, 6) is 1.61. The molecule has 0 amide bonds. The van der Waals surface area contributed by atoms with Crippen LogP contribution >= 0.6 is 0 Å². The number of hydrogen-bond acceptors (Lipinski definition) is 2. The van der Waals surface area contributed by atoms with Crippen LogP contribution in [0, 0.1) is 0 Å². The Kier molecular flexibility index (Phi) is 3.89. The molecule has 0 aliphatic rings. The molecule has 2 aromatic rings. The van der Waals surface area contributed by atoms with E-state index in [1.807, 2.05) is 12.1 Å². The van der Waals surface area contributed by atoms with Crippen LogP contribution in [-0.4, -0.2) is 4.98 Å². The van der Waals surface area contributed by atoms with E-state index >= 15 is 0 Å². The van der Waals surface area contributed by atoms with Gasteiger partial charge in [-0.25, -0.2) is 4.98 Å². The fraction of sp³-hybridized carbons (Fsp3) is 0.353. The van der Waals surface area contributed by atoms with Gasteiger partial charge in [-0.1, -0.05) is 45.9 Å². The zero-order valence-corrected chi connectivity index (χ0v) is 12.1. The van der Waals surface area contributed by atoms with Gasteiger partial charge in [0.2, 0.25) is 0 Å². The van der Waals surface area contributed by atoms with Crippen molar-refractivity contribution >= 4 is 5.82 Å². The van der Waals surface area contributed by atoms with Gasteiger partial charge in [0.15, 0.2) is 0 Å². The molecular weight excluding hydrogens is 232 g/mol. The van der Waals surface area contributed by atoms with Crippen LogP contribution < -0.4 is 5.73 Å². The fourth-order valence-corrected chi connectivity index (χ4v) is 2.30. The Morgan fingerprint density at radius 2 is 1.68 bits per heavy atom. The van der Waals surface area contributed by atoms with Crippen molar-refractivity contribution in [1.29, 1.82) is 0 Å². The maximum Gasteiger partial charge on any atom is 0.123 e. The first-order valence-corrected chi connectivity index (χ1v) is 6.84. The predicted molar refractivity (Wildman–Crippen MR) is 82.3 cm³/mol. The van der Waals surface area contributed by atoms with E-state index in [0.717, 1.165) is 5.56 Å². The Balaban J connectivity index is 2.57. The lowest BCUT2D eigenvalue weighted by Crippen LogP contribution is -1.97. The minimum Gasteiger partial charge on any atom is -0.384 e. The Bertz CT molecular complexity index is 571. The fourth-order valence-electron chi connectivity index (χ4n) is 2.30. The summed E-state index contributed by atoms with van der Waals surface area (Å²) >= 11 is 0. The highest BCUT2D eigenvalue weighted by Gasteiger charge is 2.11. The van der Waals surface area contributed by atoms with Gasteiger partial charge in [0, 0.05) is 6.20 Å². The molecule has 1 aromatic carbocycles. The van der Waals surface area contributed by atoms with Crippen molar-refractivity contribution in [3.8, 4) is 11.1 Å². The first-order valence-electron chi connectivity index (χ1n) is 6.84. The normalized spacial score (nSPS) is 11.3. The molecule has 2 N–H and O–H groups in total. The van der Waals surface area contributed by atoms with Crippen molar-refractivity contribution < 1.29 is 0 Å². The molecule has 0 radical (unpaired) electrons. The van der Waals surface area contributed by atoms with Gasteiger partial charge in [-0.3, -0.25) is 0 Å². The molecule has 0 bridgehead atoms. The number of benzene rings is 1. The Morgan fingerprint density at radius 3 is 2.26 bits per heavy atom. The van der Waals surface area contributed by atoms with Crippen LogP contribution in [0.3, 0.4) is 0 Å². The second-order valence-corrected chi connectivity index (χ2v) is 5.63. The van der Waals surface area contributed by atoms with E-state index < -0.39 is 0 Å². The Labute approximate surface area is 115 Å². The molecular formula is C17H22N2. The van der Waals surface area contributed by atoms with Gasteiger partial charge in [0.05, 0.1) is 0 Å². The summed E-state index contributed by atoms with van der Waals surface area (Å²) < 4.78 is 0. The summed E-state index contributed by atoms with van der Waals surface area (Å²) in [7, 11) is 0. The molecule has 1 aromatic heterocycles. The van der Waals surface area contributed by atoms with Crippen molar-refractivity contribution in [3.05, 3.63) is 47.7 Å². The van der Waals surface area contributed by atoms with Gasteiger partial charge < -0.3 is 5.73 Å². The molecule has 2 nitrogen and oxygen atoms in total. The summed E-state index contributed by atoms with van der Waals surface area (Å²) in [5.41, 5.74) is 10.9. The highest BCUT2D eigenvalue weighted by molar-refractivity contribution is 5.70. The van der Waals surface area contributed by atoms with Gasteiger partial charge in [0.1, 0.15) is 5.82 Å². The quantitative estimate of drug-likeness (QED) is 0.870. The third-order valence-electron chi connectivity index (χ3n) is 3.46. The van der Waals surface area contributed by atoms with Crippen LogP contribution in [0.4, 0.5) is 5.82 Å². The van der Waals surface area contributed by atoms with Gasteiger partial charge in [-0.05, 0) is 46.2 Å². The average Bonchev–Trinajstić information content (AvgIpc) is 2.37. The zero-order chi connectivity index (χ0) is 14.0. The van der Waals surface area contributed by atoms with Crippen LogP contribution in [0.5, 0.6) is 0 Å². The van der Waals surface area contributed by atoms with Gasteiger partial charge in [-0.15, -0.1) is 0 Å². The average molecular weight is 254 g/mol. The van der Waals surface area contributed by atoms with Crippen LogP contribution in [0.1, 0.15) is 50.7 Å². The lowest BCUT2D eigenvalue weighted by Gasteiger charge is -2.16. The van der Waals surface area contributed by atoms with Crippen molar-refractivity contribution in [2.75, 3.05) is 5.73 Å². The van der Waals surface area contributed by atoms with Crippen LogP contribution in [0.2, 0.25) is 0 Å². The zero-order valence-electron chi connectivity index (χ0n) is 12.1. The summed E-state index contributed by atoms with van der Waals surface area (Å²) in [6, 6.07) is 10.7. The molecule has 0 unspecified atom stereocenters. The van der Waals surface area contributed by atoms with Gasteiger partial charge in [0.25, 0.3) is 0 Å². The third kappa shape index (κ3) is 2.95. The van der Waals surface area contributed by atoms with Gasteiger partial charge >= 0.3 is 0 Å². The largest absolute Gasteiger partial charge is 0.384 e. The predicted octanol–water partition coefficient (Wildman–Crippen LogP) is 4.58. The van der Waals surface area contributed by atoms with E-state index in [4.69, 9.17) is 5.73 Å². The second kappa shape index (κ2) is 5.43. The number of hydrogen-bond donors (Lipinski definition) is 1. The number of rotatable bonds is 3. The van der Waals surface area contributed by atoms with E-state index in [1.54, 1.807) is 6.20 Å². The summed E-state index contributed by atoms with van der Waals surface area (Å²) in [4.78, 5) is 4.06. The van der Waals surface area contributed by atoms with E-state index in [1.165, 1.54) is 16.7 Å². The first-order chi connectivity index (χ1) is 8.99. The number of nitrogen functional groups attached to an aromatic ring is 1. The minimum absolute atomic E-state index is 0.489. The van der Waals surface area contributed by atoms with Gasteiger partial charge in [-0.2, -0.15) is 0 Å². The minimum atomic E-state index is 0.489. The van der Waals surface area contributed by atoms with Crippen molar-refractivity contribution in [3.63, 3.8) is 0 Å². The number of anilines is 1. The molecule has 19 heavy (non-hydrogen) atoms. The highest BCUT2D eigenvalue weighted by Crippen LogP contribution is 2.32. The number of aromatic nitrogens is 1. The van der Waals surface area contributed by atoms with Crippen LogP contribution in [-0.2, 0) is 0 Å². The molecule has 0 atom stereocenters. The third-order valence-corrected chi connectivity index (χ3v) is 3.46. The Morgan fingerprint density at radius 1 is 0.947 bits per heavy atom. The van der Waals surface area contributed by atoms with Crippen molar-refractivity contribution in [2.24, 2.45) is 0 Å². The van der Waals surface area contributed by atoms with Crippen LogP contribution in [0.25, 0.3) is 11.1 Å². The van der Waals surface area contributed by atoms with E-state index in [-0.39, 0.29) is 0 Å². The lowest BCUT2D eigenvalue weighted by molar-refractivity contribution is 0.835. The summed E-state index contributed by atoms with van der Waals surface area (Å²) in [6.45, 7) is 8.91. The lowest BCUT2D eigenvalue weighted by atomic mass is 9.89. The SMILES string of the molecule is CC(C)c1ccc(-c2ccnc(N)c2)c(C(C)C)c1. The summed E-state index contributed by atoms with van der Waals surface area (Å²) in [6.07, 6.45) is 1.77. The molecule has 2 heteroatoms. The highest BCUT2D eigenvalue weighted by atomic mass is 14.8. The molecule has 0 aliphatic carbocycles. The molecule has 100 valence electrons. The molecule has 0 saturated carbocycles. The molecule has 0 spiro atoms. The molecule has 0 fully saturated rings. The smallest absolute Gasteiger partial charge is 0.123 e. The number of nitrogens with two attached hydrogens (primary N) is 1. The number of pyridine rings is 1. The maximum atomic E-state index is 5.79. The standard InChI is InChI=1S/C17H22N2/c1-11(2)13-5-6-15(16(9-13)12(3)4)14-7-8-19-17(18)10-14/h5-12H,1-4H3,(H2,18,19). The molecule has 0 saturated heterocycles. The molecule has 2 rings (SSSR count). The molecule has 0 aliphatic heterocycles. The second-order valence-electron chi connectivity index (χ2n) is 5.63. The number of nitrogens with zero attached hydrogens (tertiary/aromatic N) is 1. The first kappa shape index (κ1) is 13.6.